The van der Waals surface area contributed by atoms with Crippen molar-refractivity contribution in [1.82, 2.24) is 29.5 Å². The molecule has 8 heteroatoms. The van der Waals surface area contributed by atoms with Gasteiger partial charge in [0.25, 0.3) is 5.56 Å². The number of imidazole rings is 1. The molecule has 4 rings (SSSR count). The number of benzene rings is 1. The fraction of sp³-hybridized carbons (Fsp3) is 0. The molecule has 1 aromatic carbocycles. The molecule has 20 heavy (non-hydrogen) atoms. The minimum absolute atomic E-state index is 0.226. The number of hydrogen-bond donors (Lipinski definition) is 3. The lowest BCUT2D eigenvalue weighted by atomic mass is 10.2. The van der Waals surface area contributed by atoms with Crippen molar-refractivity contribution in [2.45, 2.75) is 0 Å². The van der Waals surface area contributed by atoms with Gasteiger partial charge >= 0.3 is 5.69 Å². The maximum Gasteiger partial charge on any atom is 0.327 e. The first-order valence-corrected chi connectivity index (χ1v) is 5.88. The summed E-state index contributed by atoms with van der Waals surface area (Å²) in [6, 6.07) is 9.40. The molecule has 0 aliphatic heterocycles. The number of nitrogens with one attached hydrogen (secondary N) is 3. The van der Waals surface area contributed by atoms with E-state index in [1.54, 1.807) is 4.40 Å². The Balaban J connectivity index is 2.20. The molecule has 0 spiro atoms. The average Bonchev–Trinajstić information content (AvgIpc) is 2.97. The summed E-state index contributed by atoms with van der Waals surface area (Å²) >= 11 is 0. The topological polar surface area (TPSA) is 112 Å². The molecule has 0 radical (unpaired) electrons. The van der Waals surface area contributed by atoms with Crippen LogP contribution in [0.15, 0.2) is 39.9 Å². The Kier molecular flexibility index (Phi) is 1.97. The highest BCUT2D eigenvalue weighted by atomic mass is 16.2. The maximum atomic E-state index is 12.0. The van der Waals surface area contributed by atoms with Gasteiger partial charge in [0.15, 0.2) is 17.0 Å². The van der Waals surface area contributed by atoms with Gasteiger partial charge in [0.1, 0.15) is 0 Å². The fourth-order valence-electron chi connectivity index (χ4n) is 2.23. The summed E-state index contributed by atoms with van der Waals surface area (Å²) in [6.07, 6.45) is 0. The van der Waals surface area contributed by atoms with Crippen molar-refractivity contribution >= 4 is 16.9 Å². The number of aromatic amines is 3. The largest absolute Gasteiger partial charge is 0.327 e. The smallest absolute Gasteiger partial charge is 0.290 e. The van der Waals surface area contributed by atoms with Crippen molar-refractivity contribution < 1.29 is 0 Å². The maximum absolute atomic E-state index is 12.0. The summed E-state index contributed by atoms with van der Waals surface area (Å²) < 4.78 is 1.58. The molecule has 0 atom stereocenters. The third-order valence-electron chi connectivity index (χ3n) is 3.06. The van der Waals surface area contributed by atoms with Gasteiger partial charge in [-0.25, -0.2) is 9.89 Å². The molecule has 3 N–H and O–H groups in total. The second-order valence-electron chi connectivity index (χ2n) is 4.29. The van der Waals surface area contributed by atoms with Crippen molar-refractivity contribution in [1.29, 1.82) is 0 Å². The van der Waals surface area contributed by atoms with Crippen molar-refractivity contribution in [2.24, 2.45) is 0 Å². The van der Waals surface area contributed by atoms with E-state index in [1.165, 1.54) is 0 Å². The first-order valence-electron chi connectivity index (χ1n) is 5.88. The minimum atomic E-state index is -0.586. The Bertz CT molecular complexity index is 1040. The second-order valence-corrected chi connectivity index (χ2v) is 4.29. The average molecular weight is 268 g/mol. The van der Waals surface area contributed by atoms with Crippen LogP contribution in [0.1, 0.15) is 0 Å². The van der Waals surface area contributed by atoms with Gasteiger partial charge in [-0.3, -0.25) is 19.2 Å². The van der Waals surface area contributed by atoms with Crippen LogP contribution in [0.25, 0.3) is 28.3 Å². The molecular weight excluding hydrogens is 260 g/mol. The summed E-state index contributed by atoms with van der Waals surface area (Å²) in [5.74, 6) is 0.951. The molecule has 0 bridgehead atoms. The number of aromatic nitrogens is 6. The Labute approximate surface area is 110 Å². The zero-order chi connectivity index (χ0) is 13.7. The molecular formula is C12H8N6O2. The van der Waals surface area contributed by atoms with E-state index in [-0.39, 0.29) is 11.2 Å². The lowest BCUT2D eigenvalue weighted by Crippen LogP contribution is -2.22. The molecule has 0 unspecified atom stereocenters. The quantitative estimate of drug-likeness (QED) is 0.459. The Morgan fingerprint density at radius 3 is 2.65 bits per heavy atom. The van der Waals surface area contributed by atoms with Gasteiger partial charge in [-0.1, -0.05) is 30.3 Å². The molecule has 3 heterocycles. The molecule has 0 aliphatic rings. The third kappa shape index (κ3) is 1.35. The van der Waals surface area contributed by atoms with Crippen molar-refractivity contribution in [3.8, 4) is 11.4 Å². The van der Waals surface area contributed by atoms with E-state index in [0.717, 1.165) is 5.56 Å². The van der Waals surface area contributed by atoms with Gasteiger partial charge in [-0.05, 0) is 0 Å². The minimum Gasteiger partial charge on any atom is -0.290 e. The van der Waals surface area contributed by atoms with E-state index in [4.69, 9.17) is 0 Å². The molecule has 0 saturated heterocycles. The van der Waals surface area contributed by atoms with Crippen molar-refractivity contribution in [3.05, 3.63) is 51.2 Å². The highest BCUT2D eigenvalue weighted by Crippen LogP contribution is 2.20. The van der Waals surface area contributed by atoms with Crippen LogP contribution in [0, 0.1) is 0 Å². The Morgan fingerprint density at radius 1 is 1.05 bits per heavy atom. The zero-order valence-corrected chi connectivity index (χ0v) is 10.0. The van der Waals surface area contributed by atoms with Crippen molar-refractivity contribution in [2.75, 3.05) is 0 Å². The summed E-state index contributed by atoms with van der Waals surface area (Å²) in [5.41, 5.74) is 0.229. The van der Waals surface area contributed by atoms with Crippen molar-refractivity contribution in [3.63, 3.8) is 0 Å². The molecule has 0 aliphatic carbocycles. The second kappa shape index (κ2) is 3.67. The first-order chi connectivity index (χ1) is 9.74. The summed E-state index contributed by atoms with van der Waals surface area (Å²) in [5, 5.41) is 6.92. The number of fused-ring (bicyclic) bond motifs is 3. The fourth-order valence-corrected chi connectivity index (χ4v) is 2.23. The standard InChI is InChI=1S/C12H8N6O2/c19-10-7-8(14-12(20)15-10)13-11-17-16-9(18(7)11)6-4-2-1-3-5-6/h1-5H,(H3,13,14,15,17,19,20). The summed E-state index contributed by atoms with van der Waals surface area (Å²) in [6.45, 7) is 0. The number of hydrogen-bond acceptors (Lipinski definition) is 4. The normalized spacial score (nSPS) is 11.4. The highest BCUT2D eigenvalue weighted by molar-refractivity contribution is 5.77. The van der Waals surface area contributed by atoms with Gasteiger partial charge in [0, 0.05) is 5.56 Å². The number of rotatable bonds is 1. The van der Waals surface area contributed by atoms with Crippen LogP contribution in [0.3, 0.4) is 0 Å². The van der Waals surface area contributed by atoms with Gasteiger partial charge in [-0.15, -0.1) is 0 Å². The molecule has 0 fully saturated rings. The highest BCUT2D eigenvalue weighted by Gasteiger charge is 2.16. The molecule has 0 saturated carbocycles. The first kappa shape index (κ1) is 10.7. The Hall–Kier alpha value is -3.16. The third-order valence-corrected chi connectivity index (χ3v) is 3.06. The van der Waals surface area contributed by atoms with Gasteiger partial charge in [0.05, 0.1) is 0 Å². The van der Waals surface area contributed by atoms with E-state index in [1.807, 2.05) is 30.3 Å². The van der Waals surface area contributed by atoms with Gasteiger partial charge in [0.2, 0.25) is 5.78 Å². The lowest BCUT2D eigenvalue weighted by molar-refractivity contribution is 1.05. The molecule has 4 aromatic rings. The predicted molar refractivity (Wildman–Crippen MR) is 71.5 cm³/mol. The van der Waals surface area contributed by atoms with Crippen LogP contribution in [-0.2, 0) is 0 Å². The predicted octanol–water partition coefficient (Wildman–Crippen LogP) is 0.254. The lowest BCUT2D eigenvalue weighted by Gasteiger charge is -1.97. The molecule has 8 nitrogen and oxygen atoms in total. The molecule has 3 aromatic heterocycles. The van der Waals surface area contributed by atoms with E-state index >= 15 is 0 Å². The van der Waals surface area contributed by atoms with Crippen LogP contribution in [0.5, 0.6) is 0 Å². The van der Waals surface area contributed by atoms with Crippen LogP contribution in [0.4, 0.5) is 0 Å². The monoisotopic (exact) mass is 268 g/mol. The summed E-state index contributed by atoms with van der Waals surface area (Å²) in [7, 11) is 0. The number of H-pyrrole nitrogens is 3. The van der Waals surface area contributed by atoms with E-state index < -0.39 is 11.2 Å². The number of nitrogens with zero attached hydrogens (tertiary/aromatic N) is 3. The molecule has 0 amide bonds. The van der Waals surface area contributed by atoms with E-state index in [2.05, 4.69) is 25.1 Å². The van der Waals surface area contributed by atoms with E-state index in [0.29, 0.717) is 11.6 Å². The van der Waals surface area contributed by atoms with Gasteiger partial charge in [-0.2, -0.15) is 10.1 Å². The Morgan fingerprint density at radius 2 is 1.85 bits per heavy atom. The van der Waals surface area contributed by atoms with Crippen LogP contribution in [0.2, 0.25) is 0 Å². The van der Waals surface area contributed by atoms with Crippen LogP contribution in [-0.4, -0.2) is 29.5 Å². The summed E-state index contributed by atoms with van der Waals surface area (Å²) in [4.78, 5) is 32.1. The van der Waals surface area contributed by atoms with Gasteiger partial charge < -0.3 is 0 Å². The van der Waals surface area contributed by atoms with Crippen LogP contribution >= 0.6 is 0 Å². The van der Waals surface area contributed by atoms with Crippen LogP contribution < -0.4 is 11.2 Å². The zero-order valence-electron chi connectivity index (χ0n) is 10.0. The molecule has 98 valence electrons. The van der Waals surface area contributed by atoms with E-state index in [9.17, 15) is 9.59 Å². The SMILES string of the molecule is O=c1[nH]c(=O)c2c(nc3[nH]nc(-c4ccccc4)n32)[nH]1.